The molecule has 0 saturated carbocycles. The van der Waals surface area contributed by atoms with E-state index in [9.17, 15) is 13.2 Å². The molecule has 1 aromatic carbocycles. The summed E-state index contributed by atoms with van der Waals surface area (Å²) in [5, 5.41) is 1.72. The summed E-state index contributed by atoms with van der Waals surface area (Å²) in [5.41, 5.74) is 0.899. The van der Waals surface area contributed by atoms with Gasteiger partial charge < -0.3 is 4.90 Å². The van der Waals surface area contributed by atoms with E-state index in [1.54, 1.807) is 16.2 Å². The van der Waals surface area contributed by atoms with Gasteiger partial charge in [-0.25, -0.2) is 18.2 Å². The fourth-order valence-corrected chi connectivity index (χ4v) is 4.07. The van der Waals surface area contributed by atoms with Crippen molar-refractivity contribution in [1.29, 1.82) is 0 Å². The van der Waals surface area contributed by atoms with Gasteiger partial charge in [-0.3, -0.25) is 0 Å². The van der Waals surface area contributed by atoms with E-state index in [-0.39, 0.29) is 6.54 Å². The number of nitrogens with zero attached hydrogens (tertiary/aromatic N) is 2. The van der Waals surface area contributed by atoms with Crippen molar-refractivity contribution in [3.63, 3.8) is 0 Å². The average molecular weight is 349 g/mol. The number of hydrogen-bond donors (Lipinski definition) is 0. The largest absolute Gasteiger partial charge is 0.300 e. The Kier molecular flexibility index (Phi) is 4.90. The van der Waals surface area contributed by atoms with Crippen LogP contribution in [0.25, 0.3) is 10.2 Å². The summed E-state index contributed by atoms with van der Waals surface area (Å²) in [6.07, 6.45) is -3.31. The van der Waals surface area contributed by atoms with Crippen LogP contribution in [0, 0.1) is 0 Å². The molecule has 0 bridgehead atoms. The van der Waals surface area contributed by atoms with Crippen LogP contribution < -0.4 is 0 Å². The van der Waals surface area contributed by atoms with Crippen LogP contribution in [0.2, 0.25) is 5.02 Å². The van der Waals surface area contributed by atoms with E-state index in [1.807, 2.05) is 18.2 Å². The average Bonchev–Trinajstić information content (AvgIpc) is 2.90. The molecule has 1 aliphatic rings. The van der Waals surface area contributed by atoms with Crippen molar-refractivity contribution in [1.82, 2.24) is 9.88 Å². The second kappa shape index (κ2) is 6.72. The van der Waals surface area contributed by atoms with Gasteiger partial charge in [0.25, 0.3) is 6.43 Å². The number of aromatic nitrogens is 1. The lowest BCUT2D eigenvalue weighted by atomic mass is 9.97. The smallest absolute Gasteiger partial charge is 0.270 e. The van der Waals surface area contributed by atoms with Gasteiger partial charge in [-0.2, -0.15) is 0 Å². The Morgan fingerprint density at radius 2 is 2.00 bits per heavy atom. The van der Waals surface area contributed by atoms with Crippen LogP contribution in [0.3, 0.4) is 0 Å². The summed E-state index contributed by atoms with van der Waals surface area (Å²) in [6, 6.07) is 5.66. The molecule has 1 unspecified atom stereocenters. The quantitative estimate of drug-likeness (QED) is 0.794. The third kappa shape index (κ3) is 3.55. The first-order valence-corrected chi connectivity index (χ1v) is 8.43. The number of benzene rings is 1. The number of thiazole rings is 1. The molecular formula is C15H16ClF3N2S. The molecule has 0 radical (unpaired) electrons. The molecule has 2 nitrogen and oxygen atoms in total. The second-order valence-corrected chi connectivity index (χ2v) is 7.09. The van der Waals surface area contributed by atoms with Crippen LogP contribution in [-0.4, -0.2) is 42.1 Å². The summed E-state index contributed by atoms with van der Waals surface area (Å²) in [5.74, 6) is 0.317. The van der Waals surface area contributed by atoms with E-state index < -0.39 is 12.6 Å². The highest BCUT2D eigenvalue weighted by Crippen LogP contribution is 2.34. The highest BCUT2D eigenvalue weighted by atomic mass is 35.5. The van der Waals surface area contributed by atoms with Crippen LogP contribution in [-0.2, 0) is 0 Å². The molecule has 1 fully saturated rings. The van der Waals surface area contributed by atoms with Gasteiger partial charge in [-0.15, -0.1) is 11.3 Å². The van der Waals surface area contributed by atoms with Crippen molar-refractivity contribution in [2.45, 2.75) is 31.4 Å². The molecule has 0 aliphatic carbocycles. The lowest BCUT2D eigenvalue weighted by molar-refractivity contribution is 0.0230. The second-order valence-electron chi connectivity index (χ2n) is 5.59. The Bertz CT molecular complexity index is 641. The molecular weight excluding hydrogens is 333 g/mol. The fraction of sp³-hybridized carbons (Fsp3) is 0.533. The van der Waals surface area contributed by atoms with Crippen molar-refractivity contribution >= 4 is 33.2 Å². The van der Waals surface area contributed by atoms with E-state index in [0.717, 1.165) is 28.1 Å². The molecule has 1 atom stereocenters. The van der Waals surface area contributed by atoms with Crippen LogP contribution in [0.4, 0.5) is 13.2 Å². The minimum atomic E-state index is -2.90. The number of piperidine rings is 1. The Morgan fingerprint density at radius 1 is 1.27 bits per heavy atom. The molecule has 3 rings (SSSR count). The van der Waals surface area contributed by atoms with Crippen molar-refractivity contribution in [3.05, 3.63) is 28.2 Å². The molecule has 2 aromatic rings. The minimum Gasteiger partial charge on any atom is -0.300 e. The van der Waals surface area contributed by atoms with Crippen LogP contribution in [0.15, 0.2) is 18.2 Å². The van der Waals surface area contributed by atoms with Gasteiger partial charge in [0, 0.05) is 17.5 Å². The molecule has 1 aliphatic heterocycles. The molecule has 1 saturated heterocycles. The van der Waals surface area contributed by atoms with E-state index >= 15 is 0 Å². The standard InChI is InChI=1S/C15H16ClF3N2S/c16-10-1-2-13-12(7-10)20-15(22-13)9-3-5-21(6-4-9)8-11(17)14(18)19/h1-2,7,9,11,14H,3-6,8H2. The maximum atomic E-state index is 13.1. The van der Waals surface area contributed by atoms with Crippen LogP contribution in [0.1, 0.15) is 23.8 Å². The molecule has 120 valence electrons. The van der Waals surface area contributed by atoms with Crippen molar-refractivity contribution in [2.75, 3.05) is 19.6 Å². The van der Waals surface area contributed by atoms with E-state index in [1.165, 1.54) is 0 Å². The lowest BCUT2D eigenvalue weighted by Gasteiger charge is -2.31. The number of alkyl halides is 3. The normalized spacial score (nSPS) is 19.1. The van der Waals surface area contributed by atoms with Crippen LogP contribution in [0.5, 0.6) is 0 Å². The van der Waals surface area contributed by atoms with E-state index in [2.05, 4.69) is 4.98 Å². The van der Waals surface area contributed by atoms with Gasteiger partial charge in [0.1, 0.15) is 0 Å². The predicted octanol–water partition coefficient (Wildman–Crippen LogP) is 4.73. The summed E-state index contributed by atoms with van der Waals surface area (Å²) in [7, 11) is 0. The molecule has 1 aromatic heterocycles. The van der Waals surface area contributed by atoms with E-state index in [4.69, 9.17) is 11.6 Å². The zero-order chi connectivity index (χ0) is 15.7. The first kappa shape index (κ1) is 16.0. The third-order valence-electron chi connectivity index (χ3n) is 4.01. The number of rotatable bonds is 4. The number of hydrogen-bond acceptors (Lipinski definition) is 3. The van der Waals surface area contributed by atoms with Crippen molar-refractivity contribution < 1.29 is 13.2 Å². The number of halogens is 4. The summed E-state index contributed by atoms with van der Waals surface area (Å²) >= 11 is 7.62. The Labute approximate surface area is 135 Å². The minimum absolute atomic E-state index is 0.181. The first-order valence-electron chi connectivity index (χ1n) is 7.23. The molecule has 0 spiro atoms. The highest BCUT2D eigenvalue weighted by Gasteiger charge is 2.27. The Balaban J connectivity index is 1.62. The number of likely N-dealkylation sites (tertiary alicyclic amines) is 1. The topological polar surface area (TPSA) is 16.1 Å². The van der Waals surface area contributed by atoms with Crippen molar-refractivity contribution in [2.24, 2.45) is 0 Å². The maximum Gasteiger partial charge on any atom is 0.270 e. The Morgan fingerprint density at radius 3 is 2.68 bits per heavy atom. The van der Waals surface area contributed by atoms with Gasteiger partial charge in [0.15, 0.2) is 6.17 Å². The molecule has 7 heteroatoms. The zero-order valence-electron chi connectivity index (χ0n) is 11.8. The molecule has 2 heterocycles. The fourth-order valence-electron chi connectivity index (χ4n) is 2.78. The first-order chi connectivity index (χ1) is 10.5. The molecule has 0 N–H and O–H groups in total. The SMILES string of the molecule is FC(F)C(F)CN1CCC(c2nc3cc(Cl)ccc3s2)CC1. The van der Waals surface area contributed by atoms with Gasteiger partial charge in [-0.1, -0.05) is 11.6 Å². The van der Waals surface area contributed by atoms with E-state index in [0.29, 0.717) is 24.0 Å². The summed E-state index contributed by atoms with van der Waals surface area (Å²) in [4.78, 5) is 6.41. The van der Waals surface area contributed by atoms with Gasteiger partial charge >= 0.3 is 0 Å². The van der Waals surface area contributed by atoms with Crippen molar-refractivity contribution in [3.8, 4) is 0 Å². The van der Waals surface area contributed by atoms with Gasteiger partial charge in [0.2, 0.25) is 0 Å². The molecule has 22 heavy (non-hydrogen) atoms. The van der Waals surface area contributed by atoms with Gasteiger partial charge in [0.05, 0.1) is 15.2 Å². The highest BCUT2D eigenvalue weighted by molar-refractivity contribution is 7.18. The molecule has 0 amide bonds. The predicted molar refractivity (Wildman–Crippen MR) is 83.9 cm³/mol. The number of fused-ring (bicyclic) bond motifs is 1. The third-order valence-corrected chi connectivity index (χ3v) is 5.44. The summed E-state index contributed by atoms with van der Waals surface area (Å²) < 4.78 is 38.7. The van der Waals surface area contributed by atoms with Crippen LogP contribution >= 0.6 is 22.9 Å². The monoisotopic (exact) mass is 348 g/mol. The van der Waals surface area contributed by atoms with Gasteiger partial charge in [-0.05, 0) is 44.1 Å². The Hall–Kier alpha value is -0.850. The zero-order valence-corrected chi connectivity index (χ0v) is 13.4. The summed E-state index contributed by atoms with van der Waals surface area (Å²) in [6.45, 7) is 1.09. The maximum absolute atomic E-state index is 13.1. The lowest BCUT2D eigenvalue weighted by Crippen LogP contribution is -2.39.